The van der Waals surface area contributed by atoms with E-state index in [0.29, 0.717) is 12.0 Å². The molecule has 4 nitrogen and oxygen atoms in total. The van der Waals surface area contributed by atoms with Gasteiger partial charge in [0, 0.05) is 38.9 Å². The number of anilines is 1. The number of ether oxygens (including phenoxy) is 1. The molecule has 1 aromatic heterocycles. The van der Waals surface area contributed by atoms with Crippen LogP contribution in [-0.2, 0) is 4.74 Å². The molecule has 1 fully saturated rings. The van der Waals surface area contributed by atoms with Crippen LogP contribution >= 0.6 is 0 Å². The molecule has 18 heavy (non-hydrogen) atoms. The second kappa shape index (κ2) is 5.67. The first kappa shape index (κ1) is 13.3. The quantitative estimate of drug-likeness (QED) is 0.886. The number of aromatic nitrogens is 1. The third-order valence-electron chi connectivity index (χ3n) is 3.74. The fourth-order valence-electron chi connectivity index (χ4n) is 2.60. The number of rotatable bonds is 4. The van der Waals surface area contributed by atoms with Crippen molar-refractivity contribution in [1.29, 1.82) is 0 Å². The van der Waals surface area contributed by atoms with Crippen LogP contribution in [-0.4, -0.2) is 31.8 Å². The highest BCUT2D eigenvalue weighted by atomic mass is 16.5. The minimum Gasteiger partial charge on any atom is -0.378 e. The molecule has 0 saturated carbocycles. The SMILES string of the molecule is CCC1OCCC1C(N)c1ccc(N(C)C)nc1. The molecule has 0 spiro atoms. The van der Waals surface area contributed by atoms with Crippen LogP contribution < -0.4 is 10.6 Å². The summed E-state index contributed by atoms with van der Waals surface area (Å²) in [6, 6.07) is 4.13. The summed E-state index contributed by atoms with van der Waals surface area (Å²) >= 11 is 0. The lowest BCUT2D eigenvalue weighted by Crippen LogP contribution is -2.28. The summed E-state index contributed by atoms with van der Waals surface area (Å²) in [6.07, 6.45) is 4.27. The lowest BCUT2D eigenvalue weighted by atomic mass is 9.88. The summed E-state index contributed by atoms with van der Waals surface area (Å²) in [5.41, 5.74) is 7.46. The topological polar surface area (TPSA) is 51.4 Å². The van der Waals surface area contributed by atoms with Crippen LogP contribution in [0.1, 0.15) is 31.4 Å². The van der Waals surface area contributed by atoms with E-state index in [9.17, 15) is 0 Å². The van der Waals surface area contributed by atoms with Gasteiger partial charge in [0.25, 0.3) is 0 Å². The molecule has 0 radical (unpaired) electrons. The van der Waals surface area contributed by atoms with E-state index in [1.165, 1.54) is 0 Å². The van der Waals surface area contributed by atoms with Gasteiger partial charge in [0.05, 0.1) is 6.10 Å². The summed E-state index contributed by atoms with van der Waals surface area (Å²) < 4.78 is 5.71. The molecule has 2 heterocycles. The van der Waals surface area contributed by atoms with Crippen LogP contribution in [0.15, 0.2) is 18.3 Å². The molecule has 0 amide bonds. The normalized spacial score (nSPS) is 25.1. The predicted molar refractivity (Wildman–Crippen MR) is 73.6 cm³/mol. The molecule has 2 rings (SSSR count). The van der Waals surface area contributed by atoms with Crippen molar-refractivity contribution in [3.8, 4) is 0 Å². The van der Waals surface area contributed by atoms with Gasteiger partial charge < -0.3 is 15.4 Å². The summed E-state index contributed by atoms with van der Waals surface area (Å²) in [6.45, 7) is 2.99. The van der Waals surface area contributed by atoms with Gasteiger partial charge >= 0.3 is 0 Å². The molecule has 2 N–H and O–H groups in total. The van der Waals surface area contributed by atoms with Crippen molar-refractivity contribution < 1.29 is 4.74 Å². The Morgan fingerprint density at radius 2 is 2.28 bits per heavy atom. The molecule has 1 aliphatic rings. The van der Waals surface area contributed by atoms with E-state index >= 15 is 0 Å². The number of hydrogen-bond donors (Lipinski definition) is 1. The summed E-state index contributed by atoms with van der Waals surface area (Å²) in [7, 11) is 3.97. The van der Waals surface area contributed by atoms with E-state index in [4.69, 9.17) is 10.5 Å². The smallest absolute Gasteiger partial charge is 0.127 e. The first-order chi connectivity index (χ1) is 8.63. The first-order valence-electron chi connectivity index (χ1n) is 6.64. The zero-order valence-corrected chi connectivity index (χ0v) is 11.5. The molecule has 4 heteroatoms. The summed E-state index contributed by atoms with van der Waals surface area (Å²) in [4.78, 5) is 6.42. The molecule has 100 valence electrons. The fourth-order valence-corrected chi connectivity index (χ4v) is 2.60. The van der Waals surface area contributed by atoms with Crippen LogP contribution in [0, 0.1) is 5.92 Å². The molecule has 3 atom stereocenters. The van der Waals surface area contributed by atoms with E-state index < -0.39 is 0 Å². The van der Waals surface area contributed by atoms with Crippen LogP contribution in [0.5, 0.6) is 0 Å². The van der Waals surface area contributed by atoms with Gasteiger partial charge in [0.1, 0.15) is 5.82 Å². The maximum Gasteiger partial charge on any atom is 0.127 e. The van der Waals surface area contributed by atoms with Crippen LogP contribution in [0.4, 0.5) is 5.82 Å². The van der Waals surface area contributed by atoms with E-state index in [2.05, 4.69) is 18.0 Å². The Kier molecular flexibility index (Phi) is 4.19. The van der Waals surface area contributed by atoms with Crippen molar-refractivity contribution in [2.75, 3.05) is 25.6 Å². The minimum atomic E-state index is 0.0289. The molecular weight excluding hydrogens is 226 g/mol. The first-order valence-corrected chi connectivity index (χ1v) is 6.64. The zero-order valence-electron chi connectivity index (χ0n) is 11.5. The Labute approximate surface area is 109 Å². The van der Waals surface area contributed by atoms with E-state index in [-0.39, 0.29) is 6.04 Å². The van der Waals surface area contributed by atoms with Crippen molar-refractivity contribution >= 4 is 5.82 Å². The maximum atomic E-state index is 6.36. The number of nitrogens with two attached hydrogens (primary N) is 1. The Hall–Kier alpha value is -1.13. The molecule has 3 unspecified atom stereocenters. The predicted octanol–water partition coefficient (Wildman–Crippen LogP) is 1.96. The molecule has 1 aliphatic heterocycles. The van der Waals surface area contributed by atoms with Gasteiger partial charge in [-0.3, -0.25) is 0 Å². The Balaban J connectivity index is 2.10. The molecule has 0 bridgehead atoms. The molecule has 0 aromatic carbocycles. The Morgan fingerprint density at radius 3 is 2.83 bits per heavy atom. The number of nitrogens with zero attached hydrogens (tertiary/aromatic N) is 2. The van der Waals surface area contributed by atoms with Crippen LogP contribution in [0.25, 0.3) is 0 Å². The van der Waals surface area contributed by atoms with E-state index in [0.717, 1.165) is 30.8 Å². The minimum absolute atomic E-state index is 0.0289. The highest BCUT2D eigenvalue weighted by Gasteiger charge is 2.32. The van der Waals surface area contributed by atoms with E-state index in [1.54, 1.807) is 0 Å². The third kappa shape index (κ3) is 2.65. The molecule has 1 aromatic rings. The van der Waals surface area contributed by atoms with Gasteiger partial charge in [-0.05, 0) is 24.5 Å². The molecular formula is C14H23N3O. The van der Waals surface area contributed by atoms with Gasteiger partial charge in [-0.25, -0.2) is 4.98 Å². The van der Waals surface area contributed by atoms with Crippen LogP contribution in [0.2, 0.25) is 0 Å². The highest BCUT2D eigenvalue weighted by molar-refractivity contribution is 5.37. The van der Waals surface area contributed by atoms with E-state index in [1.807, 2.05) is 31.3 Å². The summed E-state index contributed by atoms with van der Waals surface area (Å²) in [5, 5.41) is 0. The lowest BCUT2D eigenvalue weighted by Gasteiger charge is -2.24. The average Bonchev–Trinajstić information content (AvgIpc) is 2.86. The number of pyridine rings is 1. The largest absolute Gasteiger partial charge is 0.378 e. The zero-order chi connectivity index (χ0) is 13.1. The van der Waals surface area contributed by atoms with Crippen molar-refractivity contribution in [1.82, 2.24) is 4.98 Å². The standard InChI is InChI=1S/C14H23N3O/c1-4-12-11(7-8-18-12)14(15)10-5-6-13(16-9-10)17(2)3/h5-6,9,11-12,14H,4,7-8,15H2,1-3H3. The number of hydrogen-bond acceptors (Lipinski definition) is 4. The molecule has 0 aliphatic carbocycles. The third-order valence-corrected chi connectivity index (χ3v) is 3.74. The monoisotopic (exact) mass is 249 g/mol. The van der Waals surface area contributed by atoms with Crippen molar-refractivity contribution in [3.63, 3.8) is 0 Å². The van der Waals surface area contributed by atoms with Crippen molar-refractivity contribution in [2.45, 2.75) is 31.9 Å². The van der Waals surface area contributed by atoms with Gasteiger partial charge in [0.15, 0.2) is 0 Å². The lowest BCUT2D eigenvalue weighted by molar-refractivity contribution is 0.0813. The Bertz CT molecular complexity index is 377. The Morgan fingerprint density at radius 1 is 1.50 bits per heavy atom. The van der Waals surface area contributed by atoms with Crippen LogP contribution in [0.3, 0.4) is 0 Å². The van der Waals surface area contributed by atoms with Gasteiger partial charge in [-0.2, -0.15) is 0 Å². The fraction of sp³-hybridized carbons (Fsp3) is 0.643. The second-order valence-corrected chi connectivity index (χ2v) is 5.14. The van der Waals surface area contributed by atoms with Crippen molar-refractivity contribution in [3.05, 3.63) is 23.9 Å². The highest BCUT2D eigenvalue weighted by Crippen LogP contribution is 2.33. The average molecular weight is 249 g/mol. The van der Waals surface area contributed by atoms with Gasteiger partial charge in [0.2, 0.25) is 0 Å². The van der Waals surface area contributed by atoms with Gasteiger partial charge in [-0.15, -0.1) is 0 Å². The second-order valence-electron chi connectivity index (χ2n) is 5.14. The van der Waals surface area contributed by atoms with Gasteiger partial charge in [-0.1, -0.05) is 13.0 Å². The summed E-state index contributed by atoms with van der Waals surface area (Å²) in [5.74, 6) is 1.38. The van der Waals surface area contributed by atoms with Crippen molar-refractivity contribution in [2.24, 2.45) is 11.7 Å². The molecule has 1 saturated heterocycles. The maximum absolute atomic E-state index is 6.36.